The number of halogens is 3. The van der Waals surface area contributed by atoms with E-state index >= 15 is 0 Å². The molecule has 0 aliphatic carbocycles. The van der Waals surface area contributed by atoms with Crippen molar-refractivity contribution in [3.63, 3.8) is 0 Å². The average molecular weight is 974 g/mol. The summed E-state index contributed by atoms with van der Waals surface area (Å²) < 4.78 is 43.4. The van der Waals surface area contributed by atoms with Crippen molar-refractivity contribution in [1.29, 1.82) is 0 Å². The van der Waals surface area contributed by atoms with Crippen LogP contribution in [0.3, 0.4) is 0 Å². The molecule has 3 aromatic rings. The van der Waals surface area contributed by atoms with Gasteiger partial charge in [-0.15, -0.1) is 0 Å². The van der Waals surface area contributed by atoms with E-state index < -0.39 is 125 Å². The molecule has 0 aliphatic rings. The maximum atomic E-state index is 14.5. The highest BCUT2D eigenvalue weighted by atomic mass is 19.4. The number of aliphatic imine (C=N–C) groups is 4. The van der Waals surface area contributed by atoms with Crippen molar-refractivity contribution >= 4 is 70.5 Å². The van der Waals surface area contributed by atoms with Gasteiger partial charge < -0.3 is 87.6 Å². The number of non-ortho nitro benzene ring substituents is 1. The lowest BCUT2D eigenvalue weighted by Gasteiger charge is -2.32. The van der Waals surface area contributed by atoms with Crippen LogP contribution in [-0.4, -0.2) is 105 Å². The minimum atomic E-state index is -5.29. The number of aliphatic hydroxyl groups excluding tert-OH is 1. The zero-order valence-electron chi connectivity index (χ0n) is 35.7. The Bertz CT molecular complexity index is 2510. The van der Waals surface area contributed by atoms with Crippen LogP contribution in [-0.2, 0) is 41.5 Å². The first-order valence-electron chi connectivity index (χ1n) is 19.2. The highest BCUT2D eigenvalue weighted by Gasteiger charge is 2.40. The van der Waals surface area contributed by atoms with E-state index in [1.54, 1.807) is 0 Å². The largest absolute Gasteiger partial charge is 0.508 e. The Kier molecular flexibility index (Phi) is 18.4. The maximum Gasteiger partial charge on any atom is 0.418 e. The summed E-state index contributed by atoms with van der Waals surface area (Å²) in [7, 11) is 0. The fraction of sp³-hybridized carbons (Fsp3) is 0.243. The number of nitro benzene ring substituents is 1. The second-order valence-corrected chi connectivity index (χ2v) is 14.0. The molecule has 32 heteroatoms. The Morgan fingerprint density at radius 1 is 0.667 bits per heavy atom. The molecule has 23 N–H and O–H groups in total. The van der Waals surface area contributed by atoms with Gasteiger partial charge >= 0.3 is 6.18 Å². The second-order valence-electron chi connectivity index (χ2n) is 14.0. The number of nitrogens with one attached hydrogen (secondary N) is 5. The normalized spacial score (nSPS) is 13.8. The standard InChI is InChI=1S/C37H46F3N19O10/c1-15(41)49-25(29(63)51-24(23(42)61)55-34(43)44)53-31(65)27(57-36(47)48)54-30(64)26(56-35(45)46)52-28(62)22(17-5-3-2-4-6-17)50-32(66)33(67)58(14-16-7-10-19(60)11-8-16)21-12-9-18(59(68)69)13-20(21)37(38,39)40/h2-13,22,24-27,33,60,67H,14H2,1H3,(H2,41,49)(H2,42,61)(H,50,66)(H,51,63)(H,52,62)(H,53,65)(H,54,64)(H4,43,44,55)(H4,45,46,56)(H4,47,48,57). The number of benzene rings is 3. The van der Waals surface area contributed by atoms with Crippen molar-refractivity contribution in [2.75, 3.05) is 4.90 Å². The highest BCUT2D eigenvalue weighted by Crippen LogP contribution is 2.40. The first-order chi connectivity index (χ1) is 32.2. The molecule has 6 unspecified atom stereocenters. The number of aliphatic hydroxyl groups is 1. The number of carbonyl (C=O) groups excluding carboxylic acids is 6. The average Bonchev–Trinajstić information content (AvgIpc) is 3.25. The molecule has 69 heavy (non-hydrogen) atoms. The first kappa shape index (κ1) is 53.8. The molecule has 0 bridgehead atoms. The minimum Gasteiger partial charge on any atom is -0.508 e. The zero-order chi connectivity index (χ0) is 51.9. The number of nitrogens with zero attached hydrogens (tertiary/aromatic N) is 6. The molecule has 0 heterocycles. The Morgan fingerprint density at radius 2 is 1.13 bits per heavy atom. The Morgan fingerprint density at radius 3 is 1.58 bits per heavy atom. The van der Waals surface area contributed by atoms with Gasteiger partial charge in [0.05, 0.1) is 22.0 Å². The SMILES string of the molecule is CC(N)=NC(NC(=O)C(N=C(N)N)NC(=O)C(N=C(N)N)NC(=O)C(NC(=O)C(O)N(Cc1ccc(O)cc1)c1ccc([N+](=O)[O-])cc1C(F)(F)F)c1ccccc1)C(=O)NC(N=C(N)N)C(N)=O. The van der Waals surface area contributed by atoms with E-state index in [1.165, 1.54) is 49.4 Å². The molecule has 0 spiro atoms. The molecule has 0 aromatic heterocycles. The molecule has 370 valence electrons. The lowest BCUT2D eigenvalue weighted by molar-refractivity contribution is -0.385. The van der Waals surface area contributed by atoms with Crippen molar-refractivity contribution < 1.29 is 57.1 Å². The molecule has 0 aliphatic heterocycles. The number of amidine groups is 1. The molecule has 29 nitrogen and oxygen atoms in total. The molecule has 0 saturated carbocycles. The number of hydrogen-bond donors (Lipinski definition) is 15. The molecular formula is C37H46F3N19O10. The monoisotopic (exact) mass is 973 g/mol. The molecule has 0 fully saturated rings. The predicted octanol–water partition coefficient (Wildman–Crippen LogP) is -5.05. The van der Waals surface area contributed by atoms with Crippen LogP contribution in [0.5, 0.6) is 5.75 Å². The van der Waals surface area contributed by atoms with E-state index in [1.807, 2.05) is 16.0 Å². The summed E-state index contributed by atoms with van der Waals surface area (Å²) in [6.07, 6.45) is -16.3. The van der Waals surface area contributed by atoms with Gasteiger partial charge in [0.2, 0.25) is 36.8 Å². The summed E-state index contributed by atoms with van der Waals surface area (Å²) in [5.74, 6) is -11.3. The van der Waals surface area contributed by atoms with Gasteiger partial charge in [0.15, 0.2) is 17.9 Å². The Hall–Kier alpha value is -9.49. The molecule has 6 atom stereocenters. The third-order valence-corrected chi connectivity index (χ3v) is 8.60. The number of alkyl halides is 3. The van der Waals surface area contributed by atoms with Crippen molar-refractivity contribution in [3.05, 3.63) is 99.6 Å². The van der Waals surface area contributed by atoms with Gasteiger partial charge in [-0.3, -0.25) is 38.9 Å². The number of phenols is 1. The minimum absolute atomic E-state index is 0.0768. The van der Waals surface area contributed by atoms with Crippen LogP contribution in [0, 0.1) is 10.1 Å². The summed E-state index contributed by atoms with van der Waals surface area (Å²) in [5, 5.41) is 43.1. The Balaban J connectivity index is 2.02. The number of nitro groups is 1. The van der Waals surface area contributed by atoms with Crippen LogP contribution >= 0.6 is 0 Å². The summed E-state index contributed by atoms with van der Waals surface area (Å²) in [6.45, 7) is 0.485. The molecule has 3 aromatic carbocycles. The number of carbonyl (C=O) groups is 6. The number of primary amides is 1. The highest BCUT2D eigenvalue weighted by molar-refractivity contribution is 5.99. The number of rotatable bonds is 21. The number of aromatic hydroxyl groups is 1. The molecule has 0 radical (unpaired) electrons. The fourth-order valence-corrected chi connectivity index (χ4v) is 5.67. The smallest absolute Gasteiger partial charge is 0.418 e. The summed E-state index contributed by atoms with van der Waals surface area (Å²) in [5.41, 5.74) is 39.9. The van der Waals surface area contributed by atoms with E-state index in [0.29, 0.717) is 17.0 Å². The number of guanidine groups is 3. The molecule has 6 amide bonds. The lowest BCUT2D eigenvalue weighted by atomic mass is 10.1. The van der Waals surface area contributed by atoms with Crippen LogP contribution in [0.2, 0.25) is 0 Å². The van der Waals surface area contributed by atoms with Gasteiger partial charge in [-0.2, -0.15) is 13.2 Å². The van der Waals surface area contributed by atoms with E-state index in [-0.39, 0.29) is 28.8 Å². The van der Waals surface area contributed by atoms with E-state index in [4.69, 9.17) is 45.9 Å². The van der Waals surface area contributed by atoms with Crippen molar-refractivity contribution in [1.82, 2.24) is 26.6 Å². The van der Waals surface area contributed by atoms with Crippen molar-refractivity contribution in [2.45, 2.75) is 56.6 Å². The quantitative estimate of drug-likeness (QED) is 0.0156. The lowest BCUT2D eigenvalue weighted by Crippen LogP contribution is -2.58. The van der Waals surface area contributed by atoms with Gasteiger partial charge in [-0.05, 0) is 36.2 Å². The maximum absolute atomic E-state index is 14.5. The van der Waals surface area contributed by atoms with Gasteiger partial charge in [0.25, 0.3) is 35.2 Å². The zero-order valence-corrected chi connectivity index (χ0v) is 35.7. The van der Waals surface area contributed by atoms with Crippen LogP contribution < -0.4 is 77.4 Å². The number of hydrogen-bond acceptors (Lipinski definition) is 15. The summed E-state index contributed by atoms with van der Waals surface area (Å²) in [4.78, 5) is 106. The Labute approximate surface area is 386 Å². The third kappa shape index (κ3) is 16.2. The third-order valence-electron chi connectivity index (χ3n) is 8.60. The van der Waals surface area contributed by atoms with E-state index in [0.717, 1.165) is 12.1 Å². The van der Waals surface area contributed by atoms with Crippen LogP contribution in [0.1, 0.15) is 29.7 Å². The second kappa shape index (κ2) is 23.6. The fourth-order valence-electron chi connectivity index (χ4n) is 5.67. The van der Waals surface area contributed by atoms with E-state index in [2.05, 4.69) is 30.6 Å². The molecular weight excluding hydrogens is 928 g/mol. The van der Waals surface area contributed by atoms with Gasteiger partial charge in [0.1, 0.15) is 11.8 Å². The molecule has 3 rings (SSSR count). The number of phenolic OH excluding ortho intramolecular Hbond substituents is 1. The summed E-state index contributed by atoms with van der Waals surface area (Å²) >= 11 is 0. The molecule has 0 saturated heterocycles. The number of nitrogens with two attached hydrogens (primary N) is 8. The number of amides is 6. The number of anilines is 1. The summed E-state index contributed by atoms with van der Waals surface area (Å²) in [6, 6.07) is 11.2. The van der Waals surface area contributed by atoms with Gasteiger partial charge in [-0.25, -0.2) is 20.0 Å². The first-order valence-corrected chi connectivity index (χ1v) is 19.2. The predicted molar refractivity (Wildman–Crippen MR) is 237 cm³/mol. The van der Waals surface area contributed by atoms with E-state index in [9.17, 15) is 62.3 Å². The van der Waals surface area contributed by atoms with Crippen LogP contribution in [0.15, 0.2) is 92.8 Å². The van der Waals surface area contributed by atoms with Crippen molar-refractivity contribution in [3.8, 4) is 5.75 Å². The van der Waals surface area contributed by atoms with Gasteiger partial charge in [-0.1, -0.05) is 42.5 Å². The van der Waals surface area contributed by atoms with Crippen LogP contribution in [0.25, 0.3) is 0 Å². The topological polar surface area (TPSA) is 507 Å². The van der Waals surface area contributed by atoms with Gasteiger partial charge in [0, 0.05) is 18.7 Å². The van der Waals surface area contributed by atoms with Crippen LogP contribution in [0.4, 0.5) is 24.5 Å². The van der Waals surface area contributed by atoms with Crippen molar-refractivity contribution in [2.24, 2.45) is 65.8 Å².